The van der Waals surface area contributed by atoms with E-state index >= 15 is 13.2 Å². The second kappa shape index (κ2) is 22.0. The van der Waals surface area contributed by atoms with E-state index in [4.69, 9.17) is 14.2 Å². The number of nitrogens with zero attached hydrogens (tertiary/aromatic N) is 3. The van der Waals surface area contributed by atoms with E-state index in [2.05, 4.69) is 30.1 Å². The highest BCUT2D eigenvalue weighted by Crippen LogP contribution is 2.51. The number of alkyl halides is 1. The molecule has 3 heterocycles. The van der Waals surface area contributed by atoms with Gasteiger partial charge in [0.05, 0.1) is 48.2 Å². The Morgan fingerprint density at radius 3 is 2.28 bits per heavy atom. The number of ether oxygens (including phenoxy) is 3. The fourth-order valence-electron chi connectivity index (χ4n) is 11.0. The number of hydrogen-bond acceptors (Lipinski definition) is 10. The molecule has 1 amide bonds. The molecule has 384 valence electrons. The molecule has 0 aromatic heterocycles. The van der Waals surface area contributed by atoms with E-state index in [0.717, 1.165) is 27.8 Å². The minimum atomic E-state index is -1.57. The second-order valence-corrected chi connectivity index (χ2v) is 23.2. The van der Waals surface area contributed by atoms with Crippen LogP contribution in [-0.4, -0.2) is 113 Å². The normalized spacial score (nSPS) is 24.3. The summed E-state index contributed by atoms with van der Waals surface area (Å²) in [7, 11) is 0. The van der Waals surface area contributed by atoms with Gasteiger partial charge in [-0.15, -0.1) is 11.8 Å². The number of aliphatic hydroxyl groups is 1. The van der Waals surface area contributed by atoms with Crippen molar-refractivity contribution in [3.05, 3.63) is 106 Å². The van der Waals surface area contributed by atoms with E-state index < -0.39 is 52.4 Å². The van der Waals surface area contributed by atoms with Gasteiger partial charge < -0.3 is 24.2 Å². The first-order chi connectivity index (χ1) is 33.7. The third kappa shape index (κ3) is 12.4. The first-order valence-electron chi connectivity index (χ1n) is 25.6. The summed E-state index contributed by atoms with van der Waals surface area (Å²) in [5, 5.41) is 11.0. The number of aliphatic hydroxyl groups excluding tert-OH is 1. The largest absolute Gasteiger partial charge is 0.493 e. The molecule has 0 spiro atoms. The zero-order valence-corrected chi connectivity index (χ0v) is 43.3. The number of β-amino-alcohol motifs (C(OH)–C–C–N with tert-alkyl or cyclic N) is 1. The third-order valence-electron chi connectivity index (χ3n) is 15.0. The highest BCUT2D eigenvalue weighted by molar-refractivity contribution is 8.12. The van der Waals surface area contributed by atoms with Gasteiger partial charge in [-0.25, -0.2) is 13.2 Å². The fourth-order valence-corrected chi connectivity index (χ4v) is 12.0. The number of thioether (sulfide) groups is 1. The van der Waals surface area contributed by atoms with Crippen molar-refractivity contribution in [2.45, 2.75) is 159 Å². The predicted octanol–water partition coefficient (Wildman–Crippen LogP) is 10.6. The maximum Gasteiger partial charge on any atom is 0.227 e. The molecular weight excluding hydrogens is 928 g/mol. The van der Waals surface area contributed by atoms with Crippen LogP contribution >= 0.6 is 11.8 Å². The Bertz CT molecular complexity index is 2460. The number of Topliss-reactive ketones (excluding diaryl/α,β-unsaturated/α-hetero) is 2. The standard InChI is InChI=1S/C57H72F3N3O7S/c1-35-26-43-42-13-9-8-12-39(42)27-44(43)52(63(35)33-56(6,7)60)51-46(58)29-41(30-47(51)59)69-24-10-22-68-23-11-25-70-57(20-21-57)50(66)31-45(55(3,4)5)54(67)62-32-40(64)28-48(62)49(65)19-16-37-14-17-38(18-15-37)53-36(2)61-34-71-53/h8-9,12-15,17-18,29-30,34-36,40,45,48,52-53,64H,10-11,16,19-28,31-33H2,1-7H3/t35-,36?,40-,45-,48+,52+,53?/m1/s1. The first-order valence-corrected chi connectivity index (χ1v) is 26.6. The Kier molecular flexibility index (Phi) is 16.4. The molecule has 0 bridgehead atoms. The highest BCUT2D eigenvalue weighted by atomic mass is 32.2. The van der Waals surface area contributed by atoms with Crippen LogP contribution in [0.1, 0.15) is 139 Å². The number of likely N-dealkylation sites (tertiary alicyclic amines) is 1. The fraction of sp³-hybridized carbons (Fsp3) is 0.579. The van der Waals surface area contributed by atoms with E-state index in [0.29, 0.717) is 58.2 Å². The van der Waals surface area contributed by atoms with E-state index in [1.54, 1.807) is 11.8 Å². The zero-order valence-electron chi connectivity index (χ0n) is 42.5. The second-order valence-electron chi connectivity index (χ2n) is 22.2. The van der Waals surface area contributed by atoms with Gasteiger partial charge in [0.1, 0.15) is 28.7 Å². The lowest BCUT2D eigenvalue weighted by Crippen LogP contribution is -2.48. The van der Waals surface area contributed by atoms with Crippen LogP contribution in [0.4, 0.5) is 13.2 Å². The minimum absolute atomic E-state index is 0.0261. The monoisotopic (exact) mass is 1000 g/mol. The quantitative estimate of drug-likeness (QED) is 0.0982. The van der Waals surface area contributed by atoms with Crippen LogP contribution < -0.4 is 4.74 Å². The van der Waals surface area contributed by atoms with Crippen molar-refractivity contribution in [2.24, 2.45) is 16.3 Å². The lowest BCUT2D eigenvalue weighted by molar-refractivity contribution is -0.148. The average molecular weight is 1000 g/mol. The number of benzene rings is 3. The number of carbonyl (C=O) groups is 3. The number of carbonyl (C=O) groups excluding carboxylic acids is 3. The Labute approximate surface area is 422 Å². The Balaban J connectivity index is 0.775. The molecule has 8 rings (SSSR count). The number of halogens is 3. The topological polar surface area (TPSA) is 118 Å². The summed E-state index contributed by atoms with van der Waals surface area (Å²) >= 11 is 1.71. The molecule has 3 aliphatic heterocycles. The van der Waals surface area contributed by atoms with Gasteiger partial charge in [0.2, 0.25) is 5.91 Å². The molecule has 2 fully saturated rings. The highest BCUT2D eigenvalue weighted by Gasteiger charge is 2.53. The molecule has 0 radical (unpaired) electrons. The number of hydrogen-bond donors (Lipinski definition) is 1. The molecule has 1 saturated carbocycles. The average Bonchev–Trinajstić information content (AvgIpc) is 3.58. The number of amides is 1. The maximum absolute atomic E-state index is 16.1. The van der Waals surface area contributed by atoms with Crippen molar-refractivity contribution in [3.8, 4) is 5.75 Å². The Morgan fingerprint density at radius 2 is 1.63 bits per heavy atom. The molecule has 2 aliphatic carbocycles. The van der Waals surface area contributed by atoms with Crippen molar-refractivity contribution < 1.29 is 46.9 Å². The smallest absolute Gasteiger partial charge is 0.227 e. The van der Waals surface area contributed by atoms with E-state index in [9.17, 15) is 19.5 Å². The van der Waals surface area contributed by atoms with Crippen molar-refractivity contribution in [1.29, 1.82) is 0 Å². The molecule has 3 aromatic carbocycles. The van der Waals surface area contributed by atoms with Gasteiger partial charge in [-0.3, -0.25) is 24.3 Å². The van der Waals surface area contributed by atoms with Crippen LogP contribution in [-0.2, 0) is 36.7 Å². The van der Waals surface area contributed by atoms with Crippen LogP contribution in [0.25, 0.3) is 5.57 Å². The number of aryl methyl sites for hydroxylation is 1. The van der Waals surface area contributed by atoms with Gasteiger partial charge in [-0.2, -0.15) is 0 Å². The molecular formula is C57H72F3N3O7S. The molecule has 1 saturated heterocycles. The van der Waals surface area contributed by atoms with E-state index in [1.165, 1.54) is 36.4 Å². The van der Waals surface area contributed by atoms with Gasteiger partial charge in [-0.1, -0.05) is 69.3 Å². The molecule has 1 N–H and O–H groups in total. The van der Waals surface area contributed by atoms with Gasteiger partial charge in [0.15, 0.2) is 11.6 Å². The molecule has 10 nitrogen and oxygen atoms in total. The van der Waals surface area contributed by atoms with Crippen LogP contribution in [0.2, 0.25) is 0 Å². The maximum atomic E-state index is 16.1. The van der Waals surface area contributed by atoms with Gasteiger partial charge in [0, 0.05) is 81.6 Å². The van der Waals surface area contributed by atoms with Crippen LogP contribution in [0.3, 0.4) is 0 Å². The molecule has 14 heteroatoms. The zero-order chi connectivity index (χ0) is 50.8. The Hall–Kier alpha value is -4.34. The van der Waals surface area contributed by atoms with Gasteiger partial charge in [-0.05, 0) is 105 Å². The van der Waals surface area contributed by atoms with Crippen molar-refractivity contribution in [3.63, 3.8) is 0 Å². The Morgan fingerprint density at radius 1 is 0.944 bits per heavy atom. The van der Waals surface area contributed by atoms with E-state index in [1.807, 2.05) is 68.5 Å². The lowest BCUT2D eigenvalue weighted by Gasteiger charge is -2.44. The van der Waals surface area contributed by atoms with Crippen LogP contribution in [0.15, 0.2) is 71.2 Å². The number of aliphatic imine (C=N–C) groups is 1. The summed E-state index contributed by atoms with van der Waals surface area (Å²) in [6, 6.07) is 17.3. The summed E-state index contributed by atoms with van der Waals surface area (Å²) in [4.78, 5) is 49.7. The van der Waals surface area contributed by atoms with Crippen LogP contribution in [0, 0.1) is 23.0 Å². The summed E-state index contributed by atoms with van der Waals surface area (Å²) in [5.41, 5.74) is 5.14. The molecule has 2 unspecified atom stereocenters. The summed E-state index contributed by atoms with van der Waals surface area (Å²) in [6.45, 7) is 14.1. The molecule has 5 aliphatic rings. The third-order valence-corrected chi connectivity index (χ3v) is 16.2. The number of fused-ring (bicyclic) bond motifs is 2. The molecule has 71 heavy (non-hydrogen) atoms. The predicted molar refractivity (Wildman–Crippen MR) is 272 cm³/mol. The minimum Gasteiger partial charge on any atom is -0.493 e. The summed E-state index contributed by atoms with van der Waals surface area (Å²) < 4.78 is 65.2. The van der Waals surface area contributed by atoms with Crippen molar-refractivity contribution >= 4 is 40.4 Å². The van der Waals surface area contributed by atoms with E-state index in [-0.39, 0.29) is 91.7 Å². The first kappa shape index (κ1) is 53.0. The lowest BCUT2D eigenvalue weighted by atomic mass is 9.76. The summed E-state index contributed by atoms with van der Waals surface area (Å²) in [6.07, 6.45) is 3.45. The van der Waals surface area contributed by atoms with Gasteiger partial charge in [0.25, 0.3) is 0 Å². The molecule has 7 atom stereocenters. The van der Waals surface area contributed by atoms with Crippen molar-refractivity contribution in [2.75, 3.05) is 39.5 Å². The van der Waals surface area contributed by atoms with Crippen LogP contribution in [0.5, 0.6) is 5.75 Å². The van der Waals surface area contributed by atoms with Crippen molar-refractivity contribution in [1.82, 2.24) is 9.80 Å². The van der Waals surface area contributed by atoms with Gasteiger partial charge >= 0.3 is 0 Å². The molecule has 3 aromatic rings. The summed E-state index contributed by atoms with van der Waals surface area (Å²) in [5.74, 6) is -2.61. The number of ketones is 2. The number of rotatable bonds is 22. The SMILES string of the molecule is CC1N=CSC1c1ccc(CCC(=O)[C@@H]2C[C@@H](O)CN2C(=O)[C@@H](CC(=O)C2(OCCCOCCCOc3cc(F)c([C@@H]4C5=C(C[C@@H](C)N4CC(C)(C)F)c4ccccc4C5)c(F)c3)CC2)C(C)(C)C)cc1.